The van der Waals surface area contributed by atoms with Gasteiger partial charge >= 0.3 is 6.18 Å². The summed E-state index contributed by atoms with van der Waals surface area (Å²) in [6.45, 7) is 2.56. The number of alkyl halides is 3. The number of aryl methyl sites for hydroxylation is 2. The van der Waals surface area contributed by atoms with Crippen LogP contribution in [-0.2, 0) is 12.0 Å². The zero-order valence-corrected chi connectivity index (χ0v) is 14.8. The van der Waals surface area contributed by atoms with Gasteiger partial charge in [0.2, 0.25) is 5.60 Å². The fourth-order valence-electron chi connectivity index (χ4n) is 3.45. The molecule has 1 aliphatic heterocycles. The van der Waals surface area contributed by atoms with E-state index in [0.717, 1.165) is 35.6 Å². The first kappa shape index (κ1) is 17.3. The highest BCUT2D eigenvalue weighted by molar-refractivity contribution is 7.18. The third-order valence-electron chi connectivity index (χ3n) is 4.77. The number of para-hydroxylation sites is 1. The minimum atomic E-state index is -4.89. The third-order valence-corrected chi connectivity index (χ3v) is 5.92. The summed E-state index contributed by atoms with van der Waals surface area (Å²) >= 11 is 0.872. The van der Waals surface area contributed by atoms with Gasteiger partial charge in [-0.25, -0.2) is 4.98 Å². The Morgan fingerprint density at radius 2 is 1.96 bits per heavy atom. The number of aromatic nitrogens is 1. The standard InChI is InChI=1S/C19H17F3N2OS/c1-11-9-13(10-12-5-4-8-23-16(11)12)18(25,19(20,21)22)17-24-14-6-2-3-7-15(14)26-17/h2-3,6-7,9-10,23,25H,4-5,8H2,1H3/t18-/m0/s1. The lowest BCUT2D eigenvalue weighted by Crippen LogP contribution is -2.43. The predicted molar refractivity (Wildman–Crippen MR) is 96.7 cm³/mol. The van der Waals surface area contributed by atoms with Gasteiger partial charge in [0.15, 0.2) is 0 Å². The summed E-state index contributed by atoms with van der Waals surface area (Å²) in [6.07, 6.45) is -3.35. The second-order valence-corrected chi connectivity index (χ2v) is 7.58. The molecule has 26 heavy (non-hydrogen) atoms. The van der Waals surface area contributed by atoms with E-state index in [1.165, 1.54) is 12.1 Å². The summed E-state index contributed by atoms with van der Waals surface area (Å²) in [5.74, 6) is 0. The number of hydrogen-bond donors (Lipinski definition) is 2. The number of thiazole rings is 1. The zero-order chi connectivity index (χ0) is 18.5. The van der Waals surface area contributed by atoms with Gasteiger partial charge in [-0.05, 0) is 43.0 Å². The number of aliphatic hydroxyl groups is 1. The number of anilines is 1. The fourth-order valence-corrected chi connectivity index (χ4v) is 4.55. The van der Waals surface area contributed by atoms with Gasteiger partial charge in [0.05, 0.1) is 10.2 Å². The molecule has 136 valence electrons. The lowest BCUT2D eigenvalue weighted by Gasteiger charge is -2.31. The number of benzene rings is 2. The Hall–Kier alpha value is -2.12. The molecule has 7 heteroatoms. The second-order valence-electron chi connectivity index (χ2n) is 6.55. The molecule has 0 fully saturated rings. The molecule has 0 saturated carbocycles. The quantitative estimate of drug-likeness (QED) is 0.676. The van der Waals surface area contributed by atoms with Crippen LogP contribution in [0.1, 0.15) is 28.1 Å². The smallest absolute Gasteiger partial charge is 0.385 e. The number of fused-ring (bicyclic) bond motifs is 2. The number of halogens is 3. The van der Waals surface area contributed by atoms with Crippen molar-refractivity contribution in [2.24, 2.45) is 0 Å². The van der Waals surface area contributed by atoms with Gasteiger partial charge in [0.1, 0.15) is 5.01 Å². The zero-order valence-electron chi connectivity index (χ0n) is 14.0. The van der Waals surface area contributed by atoms with Crippen molar-refractivity contribution in [3.05, 3.63) is 58.1 Å². The normalized spacial score (nSPS) is 16.8. The molecule has 1 aromatic heterocycles. The van der Waals surface area contributed by atoms with E-state index < -0.39 is 11.8 Å². The molecule has 1 atom stereocenters. The molecule has 0 radical (unpaired) electrons. The molecular weight excluding hydrogens is 361 g/mol. The maximum Gasteiger partial charge on any atom is 0.428 e. The van der Waals surface area contributed by atoms with Crippen molar-refractivity contribution < 1.29 is 18.3 Å². The molecule has 4 rings (SSSR count). The van der Waals surface area contributed by atoms with Crippen molar-refractivity contribution in [1.29, 1.82) is 0 Å². The van der Waals surface area contributed by atoms with Gasteiger partial charge in [-0.1, -0.05) is 24.3 Å². The largest absolute Gasteiger partial charge is 0.428 e. The van der Waals surface area contributed by atoms with Crippen LogP contribution in [0.5, 0.6) is 0 Å². The molecule has 0 unspecified atom stereocenters. The van der Waals surface area contributed by atoms with E-state index in [1.54, 1.807) is 31.2 Å². The van der Waals surface area contributed by atoms with Crippen LogP contribution in [-0.4, -0.2) is 22.8 Å². The van der Waals surface area contributed by atoms with E-state index in [-0.39, 0.29) is 10.6 Å². The molecule has 0 saturated heterocycles. The summed E-state index contributed by atoms with van der Waals surface area (Å²) in [4.78, 5) is 4.10. The van der Waals surface area contributed by atoms with Gasteiger partial charge in [-0.3, -0.25) is 0 Å². The summed E-state index contributed by atoms with van der Waals surface area (Å²) in [5, 5.41) is 13.8. The molecular formula is C19H17F3N2OS. The topological polar surface area (TPSA) is 45.2 Å². The average Bonchev–Trinajstić information content (AvgIpc) is 3.04. The first-order valence-electron chi connectivity index (χ1n) is 8.34. The van der Waals surface area contributed by atoms with Crippen LogP contribution < -0.4 is 5.32 Å². The van der Waals surface area contributed by atoms with Gasteiger partial charge in [-0.2, -0.15) is 13.2 Å². The Morgan fingerprint density at radius 3 is 2.69 bits per heavy atom. The molecule has 2 heterocycles. The monoisotopic (exact) mass is 378 g/mol. The van der Waals surface area contributed by atoms with E-state index in [4.69, 9.17) is 0 Å². The second kappa shape index (κ2) is 5.96. The van der Waals surface area contributed by atoms with Gasteiger partial charge < -0.3 is 10.4 Å². The van der Waals surface area contributed by atoms with Crippen molar-refractivity contribution in [1.82, 2.24) is 4.98 Å². The minimum Gasteiger partial charge on any atom is -0.385 e. The van der Waals surface area contributed by atoms with Crippen LogP contribution in [0.3, 0.4) is 0 Å². The predicted octanol–water partition coefficient (Wildman–Crippen LogP) is 4.76. The number of nitrogens with zero attached hydrogens (tertiary/aromatic N) is 1. The Kier molecular flexibility index (Phi) is 3.96. The molecule has 2 N–H and O–H groups in total. The van der Waals surface area contributed by atoms with E-state index in [0.29, 0.717) is 22.2 Å². The summed E-state index contributed by atoms with van der Waals surface area (Å²) in [7, 11) is 0. The number of nitrogens with one attached hydrogen (secondary N) is 1. The van der Waals surface area contributed by atoms with Crippen LogP contribution in [0.4, 0.5) is 18.9 Å². The van der Waals surface area contributed by atoms with Crippen LogP contribution in [0.15, 0.2) is 36.4 Å². The summed E-state index contributed by atoms with van der Waals surface area (Å²) in [5.41, 5.74) is -0.492. The summed E-state index contributed by atoms with van der Waals surface area (Å²) < 4.78 is 42.8. The Bertz CT molecular complexity index is 950. The fraction of sp³-hybridized carbons (Fsp3) is 0.316. The third kappa shape index (κ3) is 2.57. The average molecular weight is 378 g/mol. The SMILES string of the molecule is Cc1cc([C@](O)(c2nc3ccccc3s2)C(F)(F)F)cc2c1NCCC2. The molecule has 3 aromatic rings. The molecule has 0 spiro atoms. The van der Waals surface area contributed by atoms with Gasteiger partial charge in [0.25, 0.3) is 0 Å². The highest BCUT2D eigenvalue weighted by Crippen LogP contribution is 2.47. The molecule has 0 amide bonds. The Balaban J connectivity index is 1.94. The first-order valence-corrected chi connectivity index (χ1v) is 9.15. The molecule has 0 aliphatic carbocycles. The molecule has 2 aromatic carbocycles. The van der Waals surface area contributed by atoms with Gasteiger partial charge in [0, 0.05) is 17.8 Å². The van der Waals surface area contributed by atoms with Crippen molar-refractivity contribution in [3.63, 3.8) is 0 Å². The summed E-state index contributed by atoms with van der Waals surface area (Å²) in [6, 6.07) is 9.69. The number of rotatable bonds is 2. The highest BCUT2D eigenvalue weighted by atomic mass is 32.1. The Morgan fingerprint density at radius 1 is 1.19 bits per heavy atom. The first-order chi connectivity index (χ1) is 12.3. The van der Waals surface area contributed by atoms with E-state index in [9.17, 15) is 18.3 Å². The highest BCUT2D eigenvalue weighted by Gasteiger charge is 2.58. The van der Waals surface area contributed by atoms with Gasteiger partial charge in [-0.15, -0.1) is 11.3 Å². The minimum absolute atomic E-state index is 0.177. The van der Waals surface area contributed by atoms with Crippen LogP contribution in [0.25, 0.3) is 10.2 Å². The number of hydrogen-bond acceptors (Lipinski definition) is 4. The Labute approximate surface area is 152 Å². The van der Waals surface area contributed by atoms with Crippen molar-refractivity contribution >= 4 is 27.2 Å². The lowest BCUT2D eigenvalue weighted by molar-refractivity contribution is -0.248. The van der Waals surface area contributed by atoms with E-state index in [2.05, 4.69) is 10.3 Å². The van der Waals surface area contributed by atoms with E-state index >= 15 is 0 Å². The lowest BCUT2D eigenvalue weighted by atomic mass is 9.88. The van der Waals surface area contributed by atoms with Crippen LogP contribution in [0, 0.1) is 6.92 Å². The van der Waals surface area contributed by atoms with Crippen LogP contribution >= 0.6 is 11.3 Å². The molecule has 0 bridgehead atoms. The van der Waals surface area contributed by atoms with Crippen molar-refractivity contribution in [2.45, 2.75) is 31.5 Å². The van der Waals surface area contributed by atoms with Crippen molar-refractivity contribution in [3.8, 4) is 0 Å². The van der Waals surface area contributed by atoms with Crippen LogP contribution in [0.2, 0.25) is 0 Å². The maximum atomic E-state index is 14.1. The van der Waals surface area contributed by atoms with E-state index in [1.807, 2.05) is 0 Å². The molecule has 3 nitrogen and oxygen atoms in total. The molecule has 1 aliphatic rings. The maximum absolute atomic E-state index is 14.1. The van der Waals surface area contributed by atoms with Crippen molar-refractivity contribution in [2.75, 3.05) is 11.9 Å².